The fourth-order valence-electron chi connectivity index (χ4n) is 3.77. The minimum Gasteiger partial charge on any atom is -0.201 e. The van der Waals surface area contributed by atoms with Crippen LogP contribution in [0.3, 0.4) is 0 Å². The van der Waals surface area contributed by atoms with E-state index in [1.54, 1.807) is 0 Å². The molecule has 0 radical (unpaired) electrons. The molecule has 1 nitrogen and oxygen atoms in total. The summed E-state index contributed by atoms with van der Waals surface area (Å²) in [7, 11) is 2.18. The van der Waals surface area contributed by atoms with Gasteiger partial charge in [0.15, 0.2) is 6.20 Å². The Kier molecular flexibility index (Phi) is 5.47. The third-order valence-electron chi connectivity index (χ3n) is 4.47. The van der Waals surface area contributed by atoms with E-state index in [2.05, 4.69) is 97.5 Å². The number of nitrogens with zero attached hydrogens (tertiary/aromatic N) is 1. The molecule has 1 aromatic carbocycles. The summed E-state index contributed by atoms with van der Waals surface area (Å²) in [6.07, 6.45) is 4.50. The van der Waals surface area contributed by atoms with Crippen LogP contribution in [0, 0.1) is 24.7 Å². The van der Waals surface area contributed by atoms with Crippen molar-refractivity contribution >= 4 is 0 Å². The number of aryl methyl sites for hydroxylation is 3. The van der Waals surface area contributed by atoms with E-state index >= 15 is 0 Å². The summed E-state index contributed by atoms with van der Waals surface area (Å²) in [4.78, 5) is 0. The van der Waals surface area contributed by atoms with Gasteiger partial charge in [-0.3, -0.25) is 0 Å². The second-order valence-corrected chi connectivity index (χ2v) is 10.1. The van der Waals surface area contributed by atoms with Crippen LogP contribution in [0.2, 0.25) is 0 Å². The van der Waals surface area contributed by atoms with Crippen molar-refractivity contribution in [2.45, 2.75) is 68.2 Å². The summed E-state index contributed by atoms with van der Waals surface area (Å²) in [6, 6.07) is 9.30. The number of hydrogen-bond acceptors (Lipinski definition) is 0. The van der Waals surface area contributed by atoms with Crippen molar-refractivity contribution in [2.24, 2.45) is 17.9 Å². The highest BCUT2D eigenvalue weighted by Crippen LogP contribution is 2.32. The molecule has 1 aromatic heterocycles. The first kappa shape index (κ1) is 19.7. The van der Waals surface area contributed by atoms with Gasteiger partial charge < -0.3 is 0 Å². The van der Waals surface area contributed by atoms with E-state index in [-0.39, 0.29) is 5.41 Å². The highest BCUT2D eigenvalue weighted by Gasteiger charge is 2.22. The molecule has 1 heterocycles. The van der Waals surface area contributed by atoms with E-state index < -0.39 is 0 Å². The number of hydrogen-bond donors (Lipinski definition) is 0. The smallest absolute Gasteiger partial charge is 0.201 e. The Hall–Kier alpha value is -1.63. The van der Waals surface area contributed by atoms with E-state index in [9.17, 15) is 0 Å². The lowest BCUT2D eigenvalue weighted by Crippen LogP contribution is -2.32. The quantitative estimate of drug-likeness (QED) is 0.607. The van der Waals surface area contributed by atoms with Gasteiger partial charge in [0.1, 0.15) is 7.05 Å². The number of pyridine rings is 1. The first-order valence-electron chi connectivity index (χ1n) is 9.45. The summed E-state index contributed by atoms with van der Waals surface area (Å²) in [5, 5.41) is 0. The lowest BCUT2D eigenvalue weighted by atomic mass is 9.83. The summed E-state index contributed by atoms with van der Waals surface area (Å²) in [5.41, 5.74) is 8.90. The average molecular weight is 339 g/mol. The highest BCUT2D eigenvalue weighted by atomic mass is 14.9. The molecule has 0 unspecified atom stereocenters. The monoisotopic (exact) mass is 338 g/mol. The Morgan fingerprint density at radius 1 is 0.840 bits per heavy atom. The van der Waals surface area contributed by atoms with E-state index in [0.29, 0.717) is 5.41 Å². The lowest BCUT2D eigenvalue weighted by Gasteiger charge is -2.22. The van der Waals surface area contributed by atoms with Gasteiger partial charge in [0.25, 0.3) is 0 Å². The van der Waals surface area contributed by atoms with Gasteiger partial charge in [-0.15, -0.1) is 0 Å². The molecule has 2 aromatic rings. The van der Waals surface area contributed by atoms with Crippen LogP contribution in [0.25, 0.3) is 11.3 Å². The van der Waals surface area contributed by atoms with Gasteiger partial charge in [0.2, 0.25) is 5.69 Å². The van der Waals surface area contributed by atoms with Crippen LogP contribution < -0.4 is 4.57 Å². The summed E-state index contributed by atoms with van der Waals surface area (Å²) in [6.45, 7) is 18.3. The van der Waals surface area contributed by atoms with Gasteiger partial charge >= 0.3 is 0 Å². The largest absolute Gasteiger partial charge is 0.212 e. The molecule has 0 atom stereocenters. The van der Waals surface area contributed by atoms with Crippen molar-refractivity contribution < 1.29 is 4.57 Å². The first-order valence-corrected chi connectivity index (χ1v) is 9.45. The van der Waals surface area contributed by atoms with Crippen molar-refractivity contribution in [3.63, 3.8) is 0 Å². The van der Waals surface area contributed by atoms with E-state index in [4.69, 9.17) is 0 Å². The molecule has 0 fully saturated rings. The highest BCUT2D eigenvalue weighted by molar-refractivity contribution is 5.66. The van der Waals surface area contributed by atoms with Crippen LogP contribution >= 0.6 is 0 Å². The maximum Gasteiger partial charge on any atom is 0.212 e. The summed E-state index contributed by atoms with van der Waals surface area (Å²) >= 11 is 0. The second-order valence-electron chi connectivity index (χ2n) is 10.1. The molecule has 0 aliphatic carbocycles. The van der Waals surface area contributed by atoms with Gasteiger partial charge in [-0.2, -0.15) is 0 Å². The molecule has 0 spiro atoms. The molecule has 0 amide bonds. The topological polar surface area (TPSA) is 3.88 Å². The average Bonchev–Trinajstić information content (AvgIpc) is 2.36. The van der Waals surface area contributed by atoms with Gasteiger partial charge in [-0.25, -0.2) is 4.57 Å². The minimum absolute atomic E-state index is 0.278. The predicted molar refractivity (Wildman–Crippen MR) is 109 cm³/mol. The van der Waals surface area contributed by atoms with Crippen LogP contribution in [-0.2, 0) is 19.9 Å². The van der Waals surface area contributed by atoms with Gasteiger partial charge in [-0.1, -0.05) is 59.2 Å². The zero-order valence-corrected chi connectivity index (χ0v) is 17.7. The molecule has 136 valence electrons. The Morgan fingerprint density at radius 3 is 1.96 bits per heavy atom. The van der Waals surface area contributed by atoms with Crippen LogP contribution in [0.1, 0.15) is 63.8 Å². The third kappa shape index (κ3) is 5.42. The number of benzene rings is 1. The standard InChI is InChI=1S/C24H36N/c1-17-12-18(2)22(20(13-17)15-24(6,7)8)21-11-10-19(16-25(21)9)14-23(3,4)5/h10-13,16H,14-15H2,1-9H3/q+1. The van der Waals surface area contributed by atoms with Gasteiger partial charge in [-0.05, 0) is 54.7 Å². The van der Waals surface area contributed by atoms with Crippen molar-refractivity contribution in [2.75, 3.05) is 0 Å². The molecule has 25 heavy (non-hydrogen) atoms. The number of rotatable bonds is 3. The molecule has 1 heteroatoms. The van der Waals surface area contributed by atoms with Crippen molar-refractivity contribution in [1.29, 1.82) is 0 Å². The van der Waals surface area contributed by atoms with Crippen LogP contribution in [-0.4, -0.2) is 0 Å². The fourth-order valence-corrected chi connectivity index (χ4v) is 3.77. The molecule has 0 saturated heterocycles. The van der Waals surface area contributed by atoms with Crippen LogP contribution in [0.5, 0.6) is 0 Å². The SMILES string of the molecule is Cc1cc(C)c(-c2ccc(CC(C)(C)C)c[n+]2C)c(CC(C)(C)C)c1. The van der Waals surface area contributed by atoms with Gasteiger partial charge in [0, 0.05) is 11.6 Å². The minimum atomic E-state index is 0.278. The summed E-state index contributed by atoms with van der Waals surface area (Å²) < 4.78 is 2.31. The molecular formula is C24H36N+. The summed E-state index contributed by atoms with van der Waals surface area (Å²) in [5.74, 6) is 0. The maximum atomic E-state index is 2.37. The Balaban J connectivity index is 2.54. The zero-order chi connectivity index (χ0) is 19.0. The van der Waals surface area contributed by atoms with Crippen LogP contribution in [0.4, 0.5) is 0 Å². The lowest BCUT2D eigenvalue weighted by molar-refractivity contribution is -0.660. The Morgan fingerprint density at radius 2 is 1.44 bits per heavy atom. The third-order valence-corrected chi connectivity index (χ3v) is 4.47. The van der Waals surface area contributed by atoms with E-state index in [0.717, 1.165) is 12.8 Å². The fraction of sp³-hybridized carbons (Fsp3) is 0.542. The molecule has 0 saturated carbocycles. The predicted octanol–water partition coefficient (Wildman–Crippen LogP) is 5.97. The Bertz CT molecular complexity index is 755. The van der Waals surface area contributed by atoms with E-state index in [1.807, 2.05) is 0 Å². The Labute approximate surface area is 155 Å². The molecule has 2 rings (SSSR count). The molecule has 0 N–H and O–H groups in total. The maximum absolute atomic E-state index is 2.37. The normalized spacial score (nSPS) is 12.5. The second kappa shape index (κ2) is 6.94. The molecule has 0 bridgehead atoms. The first-order chi connectivity index (χ1) is 11.4. The van der Waals surface area contributed by atoms with E-state index in [1.165, 1.54) is 33.5 Å². The van der Waals surface area contributed by atoms with Crippen molar-refractivity contribution in [3.8, 4) is 11.3 Å². The van der Waals surface area contributed by atoms with Crippen molar-refractivity contribution in [1.82, 2.24) is 0 Å². The van der Waals surface area contributed by atoms with Crippen LogP contribution in [0.15, 0.2) is 30.5 Å². The molecular weight excluding hydrogens is 302 g/mol. The molecule has 0 aliphatic rings. The molecule has 0 aliphatic heterocycles. The van der Waals surface area contributed by atoms with Gasteiger partial charge in [0.05, 0.1) is 5.56 Å². The number of aromatic nitrogens is 1. The zero-order valence-electron chi connectivity index (χ0n) is 17.7. The van der Waals surface area contributed by atoms with Crippen molar-refractivity contribution in [3.05, 3.63) is 52.7 Å².